The molecule has 0 aliphatic rings. The zero-order valence-electron chi connectivity index (χ0n) is 14.7. The van der Waals surface area contributed by atoms with Gasteiger partial charge in [0.05, 0.1) is 0 Å². The van der Waals surface area contributed by atoms with Crippen LogP contribution in [0.2, 0.25) is 0 Å². The first-order valence-electron chi connectivity index (χ1n) is 2.35. The van der Waals surface area contributed by atoms with Crippen LogP contribution in [0.4, 0.5) is 0 Å². The molecule has 108 valence electrons. The van der Waals surface area contributed by atoms with Crippen LogP contribution in [0.15, 0.2) is 0 Å². The Labute approximate surface area is 158 Å². The quantitative estimate of drug-likeness (QED) is 0.150. The smallest absolute Gasteiger partial charge is 1.00 e. The molecule has 0 aromatic carbocycles. The Kier molecular flexibility index (Phi) is 33.0. The molecule has 0 amide bonds. The molecule has 12 nitrogen and oxygen atoms in total. The molecule has 0 aliphatic heterocycles. The van der Waals surface area contributed by atoms with E-state index >= 15 is 0 Å². The van der Waals surface area contributed by atoms with Crippen molar-refractivity contribution in [3.63, 3.8) is 0 Å². The molecule has 0 aliphatic carbocycles. The van der Waals surface area contributed by atoms with Crippen LogP contribution < -0.4 is 0 Å². The maximum atomic E-state index is 8.88. The Morgan fingerprint density at radius 1 is 0.444 bits per heavy atom. The predicted octanol–water partition coefficient (Wildman–Crippen LogP) is -3.25. The maximum Gasteiger partial charge on any atom is 2.00 e. The van der Waals surface area contributed by atoms with Gasteiger partial charge in [-0.15, -0.1) is 0 Å². The summed E-state index contributed by atoms with van der Waals surface area (Å²) in [4.78, 5) is 64.7. The summed E-state index contributed by atoms with van der Waals surface area (Å²) in [5.74, 6) is 0. The average molecular weight is 373 g/mol. The van der Waals surface area contributed by atoms with E-state index in [1.165, 1.54) is 0 Å². The van der Waals surface area contributed by atoms with Crippen LogP contribution in [-0.4, -0.2) is 113 Å². The van der Waals surface area contributed by atoms with E-state index in [2.05, 4.69) is 0 Å². The molecule has 0 saturated heterocycles. The zero-order valence-corrected chi connectivity index (χ0v) is 15.6. The van der Waals surface area contributed by atoms with Crippen molar-refractivity contribution in [3.05, 3.63) is 0 Å². The normalized spacial score (nSPS) is 9.83. The van der Waals surface area contributed by atoms with Crippen molar-refractivity contribution in [2.75, 3.05) is 0 Å². The molecule has 0 radical (unpaired) electrons. The van der Waals surface area contributed by atoms with Crippen LogP contribution >= 0.6 is 23.5 Å². The Morgan fingerprint density at radius 3 is 0.444 bits per heavy atom. The molecule has 0 fully saturated rings. The summed E-state index contributed by atoms with van der Waals surface area (Å²) in [6, 6.07) is 0. The van der Waals surface area contributed by atoms with Crippen LogP contribution in [0, 0.1) is 0 Å². The summed E-state index contributed by atoms with van der Waals surface area (Å²) in [7, 11) is -13.9. The van der Waals surface area contributed by atoms with E-state index in [0.717, 1.165) is 0 Å². The van der Waals surface area contributed by atoms with E-state index < -0.39 is 23.5 Å². The number of phosphoric acid groups is 3. The summed E-state index contributed by atoms with van der Waals surface area (Å²) in [5.41, 5.74) is 0. The van der Waals surface area contributed by atoms with Gasteiger partial charge in [0.1, 0.15) is 0 Å². The van der Waals surface area contributed by atoms with E-state index in [-0.39, 0.29) is 77.7 Å². The van der Waals surface area contributed by atoms with Crippen LogP contribution in [0.1, 0.15) is 8.56 Å². The fourth-order valence-electron chi connectivity index (χ4n) is 0. The molecule has 0 atom stereocenters. The van der Waals surface area contributed by atoms with Gasteiger partial charge in [0.25, 0.3) is 0 Å². The minimum Gasteiger partial charge on any atom is -1.00 e. The summed E-state index contributed by atoms with van der Waals surface area (Å²) in [6.07, 6.45) is 0. The van der Waals surface area contributed by atoms with Gasteiger partial charge in [0, 0.05) is 0 Å². The van der Waals surface area contributed by atoms with Crippen molar-refractivity contribution in [2.45, 2.75) is 0 Å². The SMILES string of the molecule is O=P(O)(O)O.O=P(O)(O)O.O=P(O)(O)O.[H-].[H-].[H-].[H-].[H-].[H-].[Mg+2].[Mg+2].[Mg+2]. The Balaban J connectivity index is -0.00000000758. The first-order valence-corrected chi connectivity index (χ1v) is 7.04. The van der Waals surface area contributed by atoms with Crippen molar-refractivity contribution in [1.82, 2.24) is 0 Å². The van der Waals surface area contributed by atoms with E-state index in [0.29, 0.717) is 0 Å². The van der Waals surface area contributed by atoms with Crippen molar-refractivity contribution in [1.29, 1.82) is 0 Å². The molecule has 0 unspecified atom stereocenters. The largest absolute Gasteiger partial charge is 2.00 e. The number of hydrogen-bond donors (Lipinski definition) is 9. The van der Waals surface area contributed by atoms with Crippen molar-refractivity contribution in [2.24, 2.45) is 0 Å². The van der Waals surface area contributed by atoms with Crippen LogP contribution in [0.3, 0.4) is 0 Å². The molecule has 0 heterocycles. The van der Waals surface area contributed by atoms with Gasteiger partial charge in [-0.1, -0.05) is 0 Å². The molecule has 18 heteroatoms. The second-order valence-corrected chi connectivity index (χ2v) is 4.62. The number of rotatable bonds is 0. The Morgan fingerprint density at radius 2 is 0.444 bits per heavy atom. The zero-order chi connectivity index (χ0) is 13.5. The summed E-state index contributed by atoms with van der Waals surface area (Å²) in [5, 5.41) is 0. The summed E-state index contributed by atoms with van der Waals surface area (Å²) in [6.45, 7) is 0. The maximum absolute atomic E-state index is 8.88. The van der Waals surface area contributed by atoms with Gasteiger partial charge in [-0.2, -0.15) is 0 Å². The van der Waals surface area contributed by atoms with Crippen LogP contribution in [0.5, 0.6) is 0 Å². The Hall–Kier alpha value is 2.63. The third-order valence-electron chi connectivity index (χ3n) is 0. The van der Waals surface area contributed by atoms with Gasteiger partial charge >= 0.3 is 92.6 Å². The van der Waals surface area contributed by atoms with E-state index in [1.54, 1.807) is 0 Å². The van der Waals surface area contributed by atoms with Gasteiger partial charge in [-0.05, 0) is 0 Å². The Bertz CT molecular complexity index is 228. The summed E-state index contributed by atoms with van der Waals surface area (Å²) >= 11 is 0. The topological polar surface area (TPSA) is 233 Å². The predicted molar refractivity (Wildman–Crippen MR) is 66.7 cm³/mol. The van der Waals surface area contributed by atoms with Crippen molar-refractivity contribution < 1.29 is 66.3 Å². The molecule has 0 aromatic heterocycles. The van der Waals surface area contributed by atoms with Gasteiger partial charge in [0.2, 0.25) is 0 Å². The fourth-order valence-corrected chi connectivity index (χ4v) is 0. The standard InChI is InChI=1S/3Mg.3H3O4P.6H/c;;;3*1-5(2,3)4;;;;;;/h;;;3*(H3,1,2,3,4);;;;;;/q3*+2;;;;6*-1. The van der Waals surface area contributed by atoms with E-state index in [9.17, 15) is 0 Å². The summed E-state index contributed by atoms with van der Waals surface area (Å²) < 4.78 is 26.6. The molecule has 0 saturated carbocycles. The van der Waals surface area contributed by atoms with Crippen molar-refractivity contribution >= 4 is 92.6 Å². The molecule has 9 N–H and O–H groups in total. The van der Waals surface area contributed by atoms with Gasteiger partial charge in [-0.3, -0.25) is 0 Å². The monoisotopic (exact) mass is 372 g/mol. The van der Waals surface area contributed by atoms with Gasteiger partial charge < -0.3 is 52.6 Å². The molecular formula is H15Mg3O12P3. The third-order valence-corrected chi connectivity index (χ3v) is 0. The molecule has 18 heavy (non-hydrogen) atoms. The van der Waals surface area contributed by atoms with E-state index in [1.807, 2.05) is 0 Å². The first-order chi connectivity index (χ1) is 6.00. The molecule has 0 bridgehead atoms. The molecule has 0 spiro atoms. The molecule has 0 rings (SSSR count). The van der Waals surface area contributed by atoms with Crippen LogP contribution in [-0.2, 0) is 13.7 Å². The minimum atomic E-state index is -4.64. The van der Waals surface area contributed by atoms with Crippen LogP contribution in [0.25, 0.3) is 0 Å². The van der Waals surface area contributed by atoms with Gasteiger partial charge in [0.15, 0.2) is 0 Å². The third kappa shape index (κ3) is 838. The number of hydrogen-bond acceptors (Lipinski definition) is 3. The minimum absolute atomic E-state index is 0. The van der Waals surface area contributed by atoms with Gasteiger partial charge in [-0.25, -0.2) is 13.7 Å². The fraction of sp³-hybridized carbons (Fsp3) is 0. The molecule has 0 aromatic rings. The molecular weight excluding hydrogens is 358 g/mol. The first kappa shape index (κ1) is 37.1. The second kappa shape index (κ2) is 16.0. The second-order valence-electron chi connectivity index (χ2n) is 1.54. The average Bonchev–Trinajstić information content (AvgIpc) is 1.41. The van der Waals surface area contributed by atoms with E-state index in [4.69, 9.17) is 57.7 Å². The van der Waals surface area contributed by atoms with Crippen molar-refractivity contribution in [3.8, 4) is 0 Å².